The molecular formula is C16H24ClN. The van der Waals surface area contributed by atoms with Crippen LogP contribution in [0.15, 0.2) is 24.4 Å². The Morgan fingerprint density at radius 1 is 1.33 bits per heavy atom. The monoisotopic (exact) mass is 265 g/mol. The van der Waals surface area contributed by atoms with Gasteiger partial charge in [-0.1, -0.05) is 33.3 Å². The minimum atomic E-state index is 0.237. The highest BCUT2D eigenvalue weighted by molar-refractivity contribution is 6.20. The van der Waals surface area contributed by atoms with Crippen molar-refractivity contribution in [1.29, 1.82) is 0 Å². The summed E-state index contributed by atoms with van der Waals surface area (Å²) in [5.41, 5.74) is 1.42. The van der Waals surface area contributed by atoms with Crippen LogP contribution in [0.3, 0.4) is 0 Å². The van der Waals surface area contributed by atoms with E-state index in [9.17, 15) is 0 Å². The van der Waals surface area contributed by atoms with Gasteiger partial charge in [0.1, 0.15) is 0 Å². The molecule has 1 fully saturated rings. The minimum absolute atomic E-state index is 0.237. The number of pyridine rings is 1. The number of aromatic nitrogens is 1. The Labute approximate surface area is 116 Å². The van der Waals surface area contributed by atoms with Crippen LogP contribution in [0.25, 0.3) is 0 Å². The standard InChI is InChI=1S/C16H24ClN/c1-12-7-8-14(15(17)10-12)16(2,3)11-13-6-4-5-9-18-13/h4-6,9,12,14-15H,7-8,10-11H2,1-3H3. The van der Waals surface area contributed by atoms with Crippen LogP contribution >= 0.6 is 11.6 Å². The Morgan fingerprint density at radius 3 is 2.72 bits per heavy atom. The van der Waals surface area contributed by atoms with Crippen molar-refractivity contribution in [2.45, 2.75) is 51.8 Å². The molecule has 0 spiro atoms. The van der Waals surface area contributed by atoms with E-state index in [0.29, 0.717) is 11.3 Å². The first-order chi connectivity index (χ1) is 8.49. The molecule has 100 valence electrons. The molecule has 0 amide bonds. The summed E-state index contributed by atoms with van der Waals surface area (Å²) in [5, 5.41) is 0.326. The first kappa shape index (κ1) is 13.9. The maximum atomic E-state index is 6.61. The predicted molar refractivity (Wildman–Crippen MR) is 77.9 cm³/mol. The number of rotatable bonds is 3. The van der Waals surface area contributed by atoms with E-state index in [-0.39, 0.29) is 5.41 Å². The normalized spacial score (nSPS) is 29.2. The van der Waals surface area contributed by atoms with Gasteiger partial charge in [-0.15, -0.1) is 11.6 Å². The topological polar surface area (TPSA) is 12.9 Å². The second-order valence-electron chi connectivity index (χ2n) is 6.53. The zero-order valence-electron chi connectivity index (χ0n) is 11.7. The average Bonchev–Trinajstić information content (AvgIpc) is 2.29. The lowest BCUT2D eigenvalue weighted by Crippen LogP contribution is -2.37. The molecule has 2 rings (SSSR count). The third kappa shape index (κ3) is 3.26. The van der Waals surface area contributed by atoms with Crippen LogP contribution in [0.4, 0.5) is 0 Å². The van der Waals surface area contributed by atoms with Gasteiger partial charge in [0, 0.05) is 17.3 Å². The van der Waals surface area contributed by atoms with Crippen molar-refractivity contribution in [1.82, 2.24) is 4.98 Å². The number of nitrogens with zero attached hydrogens (tertiary/aromatic N) is 1. The van der Waals surface area contributed by atoms with Gasteiger partial charge in [-0.2, -0.15) is 0 Å². The van der Waals surface area contributed by atoms with Crippen molar-refractivity contribution in [2.24, 2.45) is 17.3 Å². The van der Waals surface area contributed by atoms with Gasteiger partial charge in [0.15, 0.2) is 0 Å². The number of halogens is 1. The third-order valence-electron chi connectivity index (χ3n) is 4.40. The number of hydrogen-bond acceptors (Lipinski definition) is 1. The highest BCUT2D eigenvalue weighted by Crippen LogP contribution is 2.44. The van der Waals surface area contributed by atoms with Gasteiger partial charge in [-0.3, -0.25) is 4.98 Å². The number of hydrogen-bond donors (Lipinski definition) is 0. The fourth-order valence-electron chi connectivity index (χ4n) is 3.29. The summed E-state index contributed by atoms with van der Waals surface area (Å²) < 4.78 is 0. The van der Waals surface area contributed by atoms with Crippen LogP contribution in [0.5, 0.6) is 0 Å². The first-order valence-electron chi connectivity index (χ1n) is 7.03. The van der Waals surface area contributed by atoms with Gasteiger partial charge >= 0.3 is 0 Å². The zero-order valence-corrected chi connectivity index (χ0v) is 12.5. The Hall–Kier alpha value is -0.560. The molecule has 1 aliphatic carbocycles. The van der Waals surface area contributed by atoms with Crippen LogP contribution in [-0.2, 0) is 6.42 Å². The van der Waals surface area contributed by atoms with Gasteiger partial charge < -0.3 is 0 Å². The lowest BCUT2D eigenvalue weighted by molar-refractivity contribution is 0.141. The molecule has 1 aromatic rings. The Balaban J connectivity index is 2.06. The van der Waals surface area contributed by atoms with E-state index in [1.54, 1.807) is 0 Å². The zero-order chi connectivity index (χ0) is 13.2. The SMILES string of the molecule is CC1CCC(C(C)(C)Cc2ccccn2)C(Cl)C1. The van der Waals surface area contributed by atoms with E-state index in [4.69, 9.17) is 11.6 Å². The molecule has 1 nitrogen and oxygen atoms in total. The molecule has 1 saturated carbocycles. The summed E-state index contributed by atoms with van der Waals surface area (Å²) in [6.07, 6.45) is 6.65. The molecule has 1 heterocycles. The van der Waals surface area contributed by atoms with Crippen molar-refractivity contribution < 1.29 is 0 Å². The van der Waals surface area contributed by atoms with Crippen molar-refractivity contribution in [3.05, 3.63) is 30.1 Å². The summed E-state index contributed by atoms with van der Waals surface area (Å²) in [6.45, 7) is 7.01. The highest BCUT2D eigenvalue weighted by Gasteiger charge is 2.38. The molecule has 3 atom stereocenters. The van der Waals surface area contributed by atoms with Crippen molar-refractivity contribution >= 4 is 11.6 Å². The molecule has 0 bridgehead atoms. The summed E-state index contributed by atoms with van der Waals surface area (Å²) in [5.74, 6) is 1.40. The molecule has 1 aliphatic rings. The highest BCUT2D eigenvalue weighted by atomic mass is 35.5. The van der Waals surface area contributed by atoms with Crippen molar-refractivity contribution in [3.8, 4) is 0 Å². The van der Waals surface area contributed by atoms with Crippen LogP contribution in [-0.4, -0.2) is 10.4 Å². The fraction of sp³-hybridized carbons (Fsp3) is 0.688. The van der Waals surface area contributed by atoms with Crippen molar-refractivity contribution in [3.63, 3.8) is 0 Å². The molecule has 3 unspecified atom stereocenters. The van der Waals surface area contributed by atoms with Gasteiger partial charge in [0.05, 0.1) is 0 Å². The summed E-state index contributed by atoms with van der Waals surface area (Å²) in [6, 6.07) is 6.17. The molecule has 2 heteroatoms. The van der Waals surface area contributed by atoms with E-state index in [1.165, 1.54) is 18.5 Å². The van der Waals surface area contributed by atoms with Gasteiger partial charge in [0.25, 0.3) is 0 Å². The third-order valence-corrected chi connectivity index (χ3v) is 4.88. The summed E-state index contributed by atoms with van der Waals surface area (Å²) in [7, 11) is 0. The smallest absolute Gasteiger partial charge is 0.0409 e. The number of alkyl halides is 1. The maximum absolute atomic E-state index is 6.61. The maximum Gasteiger partial charge on any atom is 0.0409 e. The minimum Gasteiger partial charge on any atom is -0.261 e. The van der Waals surface area contributed by atoms with Crippen LogP contribution < -0.4 is 0 Å². The molecule has 1 aromatic heterocycles. The molecule has 0 radical (unpaired) electrons. The quantitative estimate of drug-likeness (QED) is 0.723. The van der Waals surface area contributed by atoms with E-state index >= 15 is 0 Å². The first-order valence-corrected chi connectivity index (χ1v) is 7.46. The molecule has 0 aliphatic heterocycles. The summed E-state index contributed by atoms with van der Waals surface area (Å²) >= 11 is 6.61. The lowest BCUT2D eigenvalue weighted by atomic mass is 9.67. The van der Waals surface area contributed by atoms with E-state index in [1.807, 2.05) is 12.3 Å². The molecule has 0 saturated heterocycles. The second kappa shape index (κ2) is 5.61. The van der Waals surface area contributed by atoms with Gasteiger partial charge in [0.2, 0.25) is 0 Å². The van der Waals surface area contributed by atoms with Crippen LogP contribution in [0.2, 0.25) is 0 Å². The van der Waals surface area contributed by atoms with Crippen LogP contribution in [0.1, 0.15) is 45.7 Å². The fourth-order valence-corrected chi connectivity index (χ4v) is 4.06. The largest absolute Gasteiger partial charge is 0.261 e. The van der Waals surface area contributed by atoms with Crippen LogP contribution in [0, 0.1) is 17.3 Å². The Morgan fingerprint density at radius 2 is 2.11 bits per heavy atom. The molecule has 18 heavy (non-hydrogen) atoms. The van der Waals surface area contributed by atoms with Gasteiger partial charge in [-0.25, -0.2) is 0 Å². The van der Waals surface area contributed by atoms with E-state index < -0.39 is 0 Å². The molecular weight excluding hydrogens is 242 g/mol. The summed E-state index contributed by atoms with van der Waals surface area (Å²) in [4.78, 5) is 4.46. The molecule has 0 aromatic carbocycles. The molecule has 0 N–H and O–H groups in total. The van der Waals surface area contributed by atoms with Gasteiger partial charge in [-0.05, 0) is 48.6 Å². The Bertz CT molecular complexity index is 374. The van der Waals surface area contributed by atoms with E-state index in [2.05, 4.69) is 37.9 Å². The second-order valence-corrected chi connectivity index (χ2v) is 7.09. The van der Waals surface area contributed by atoms with E-state index in [0.717, 1.165) is 18.8 Å². The lowest BCUT2D eigenvalue weighted by Gasteiger charge is -2.41. The predicted octanol–water partition coefficient (Wildman–Crippen LogP) is 4.69. The Kier molecular flexibility index (Phi) is 4.32. The average molecular weight is 266 g/mol. The van der Waals surface area contributed by atoms with Crippen molar-refractivity contribution in [2.75, 3.05) is 0 Å².